The molecule has 0 saturated heterocycles. The number of aliphatic hydroxyl groups is 1. The van der Waals surface area contributed by atoms with E-state index in [1.54, 1.807) is 30.8 Å². The lowest BCUT2D eigenvalue weighted by Crippen LogP contribution is -2.43. The normalized spacial score (nSPS) is 14.6. The van der Waals surface area contributed by atoms with Crippen molar-refractivity contribution in [2.45, 2.75) is 19.1 Å². The molecule has 0 aliphatic rings. The van der Waals surface area contributed by atoms with Crippen LogP contribution in [0.4, 0.5) is 0 Å². The SMILES string of the molecule is CC(O)C(N)CNC(=O)c1cc(Cl)cn1C. The molecule has 2 atom stereocenters. The molecule has 1 aromatic heterocycles. The monoisotopic (exact) mass is 245 g/mol. The number of hydrogen-bond acceptors (Lipinski definition) is 3. The van der Waals surface area contributed by atoms with Crippen LogP contribution < -0.4 is 11.1 Å². The predicted molar refractivity (Wildman–Crippen MR) is 62.4 cm³/mol. The zero-order valence-corrected chi connectivity index (χ0v) is 10.0. The van der Waals surface area contributed by atoms with E-state index in [1.807, 2.05) is 0 Å². The lowest BCUT2D eigenvalue weighted by molar-refractivity contribution is 0.0929. The van der Waals surface area contributed by atoms with E-state index < -0.39 is 12.1 Å². The molecule has 2 unspecified atom stereocenters. The number of aromatic nitrogens is 1. The Morgan fingerprint density at radius 2 is 2.38 bits per heavy atom. The number of nitrogens with two attached hydrogens (primary N) is 1. The molecule has 1 amide bonds. The van der Waals surface area contributed by atoms with Gasteiger partial charge in [-0.1, -0.05) is 11.6 Å². The van der Waals surface area contributed by atoms with Crippen LogP contribution in [-0.2, 0) is 7.05 Å². The van der Waals surface area contributed by atoms with Crippen molar-refractivity contribution in [2.24, 2.45) is 12.8 Å². The molecule has 0 saturated carbocycles. The molecule has 0 fully saturated rings. The number of nitrogens with zero attached hydrogens (tertiary/aromatic N) is 1. The van der Waals surface area contributed by atoms with E-state index in [9.17, 15) is 4.79 Å². The highest BCUT2D eigenvalue weighted by molar-refractivity contribution is 6.31. The maximum absolute atomic E-state index is 11.7. The smallest absolute Gasteiger partial charge is 0.268 e. The molecule has 0 bridgehead atoms. The van der Waals surface area contributed by atoms with Gasteiger partial charge in [-0.2, -0.15) is 0 Å². The molecule has 5 nitrogen and oxygen atoms in total. The summed E-state index contributed by atoms with van der Waals surface area (Å²) in [6.45, 7) is 1.80. The third-order valence-electron chi connectivity index (χ3n) is 2.32. The molecule has 0 aliphatic carbocycles. The lowest BCUT2D eigenvalue weighted by Gasteiger charge is -2.15. The molecule has 90 valence electrons. The van der Waals surface area contributed by atoms with Crippen molar-refractivity contribution in [3.05, 3.63) is 23.0 Å². The van der Waals surface area contributed by atoms with Crippen LogP contribution in [0.3, 0.4) is 0 Å². The van der Waals surface area contributed by atoms with Gasteiger partial charge in [0.1, 0.15) is 5.69 Å². The molecule has 4 N–H and O–H groups in total. The first-order valence-electron chi connectivity index (χ1n) is 4.95. The number of nitrogens with one attached hydrogen (secondary N) is 1. The summed E-state index contributed by atoms with van der Waals surface area (Å²) < 4.78 is 1.63. The maximum atomic E-state index is 11.7. The Hall–Kier alpha value is -1.04. The van der Waals surface area contributed by atoms with Crippen molar-refractivity contribution in [1.29, 1.82) is 0 Å². The standard InChI is InChI=1S/C10H16ClN3O2/c1-6(15)8(12)4-13-10(16)9-3-7(11)5-14(9)2/h3,5-6,8,15H,4,12H2,1-2H3,(H,13,16). The average Bonchev–Trinajstić information content (AvgIpc) is 2.53. The average molecular weight is 246 g/mol. The van der Waals surface area contributed by atoms with E-state index in [1.165, 1.54) is 0 Å². The van der Waals surface area contributed by atoms with Gasteiger partial charge in [0.15, 0.2) is 0 Å². The van der Waals surface area contributed by atoms with Gasteiger partial charge in [-0.05, 0) is 13.0 Å². The van der Waals surface area contributed by atoms with E-state index in [-0.39, 0.29) is 12.5 Å². The molecular weight excluding hydrogens is 230 g/mol. The third kappa shape index (κ3) is 3.23. The van der Waals surface area contributed by atoms with Crippen molar-refractivity contribution < 1.29 is 9.90 Å². The molecule has 1 heterocycles. The van der Waals surface area contributed by atoms with Crippen LogP contribution >= 0.6 is 11.6 Å². The van der Waals surface area contributed by atoms with Crippen LogP contribution in [0.2, 0.25) is 5.02 Å². The van der Waals surface area contributed by atoms with Crippen LogP contribution in [0.5, 0.6) is 0 Å². The van der Waals surface area contributed by atoms with Crippen molar-refractivity contribution >= 4 is 17.5 Å². The zero-order valence-electron chi connectivity index (χ0n) is 9.27. The van der Waals surface area contributed by atoms with Gasteiger partial charge in [-0.15, -0.1) is 0 Å². The minimum atomic E-state index is -0.655. The number of halogens is 1. The highest BCUT2D eigenvalue weighted by Gasteiger charge is 2.14. The lowest BCUT2D eigenvalue weighted by atomic mass is 10.2. The first kappa shape index (κ1) is 13.0. The fourth-order valence-corrected chi connectivity index (χ4v) is 1.47. The predicted octanol–water partition coefficient (Wildman–Crippen LogP) is 0.116. The van der Waals surface area contributed by atoms with E-state index >= 15 is 0 Å². The highest BCUT2D eigenvalue weighted by Crippen LogP contribution is 2.12. The summed E-state index contributed by atoms with van der Waals surface area (Å²) in [5, 5.41) is 12.3. The van der Waals surface area contributed by atoms with E-state index in [4.69, 9.17) is 22.4 Å². The topological polar surface area (TPSA) is 80.3 Å². The fourth-order valence-electron chi connectivity index (χ4n) is 1.22. The summed E-state index contributed by atoms with van der Waals surface area (Å²) in [6, 6.07) is 1.10. The number of carbonyl (C=O) groups excluding carboxylic acids is 1. The Morgan fingerprint density at radius 1 is 1.75 bits per heavy atom. The molecular formula is C10H16ClN3O2. The number of rotatable bonds is 4. The number of aryl methyl sites for hydroxylation is 1. The van der Waals surface area contributed by atoms with Crippen molar-refractivity contribution in [2.75, 3.05) is 6.54 Å². The van der Waals surface area contributed by atoms with E-state index in [0.29, 0.717) is 10.7 Å². The molecule has 0 aromatic carbocycles. The largest absolute Gasteiger partial charge is 0.392 e. The van der Waals surface area contributed by atoms with Gasteiger partial charge in [0.2, 0.25) is 0 Å². The molecule has 0 spiro atoms. The molecule has 0 aliphatic heterocycles. The summed E-state index contributed by atoms with van der Waals surface area (Å²) in [6.07, 6.45) is 0.989. The summed E-state index contributed by atoms with van der Waals surface area (Å²) in [7, 11) is 1.73. The van der Waals surface area contributed by atoms with Crippen LogP contribution in [0.1, 0.15) is 17.4 Å². The van der Waals surface area contributed by atoms with E-state index in [2.05, 4.69) is 5.32 Å². The van der Waals surface area contributed by atoms with Crippen molar-refractivity contribution in [3.8, 4) is 0 Å². The van der Waals surface area contributed by atoms with Crippen LogP contribution in [0.15, 0.2) is 12.3 Å². The van der Waals surface area contributed by atoms with Crippen molar-refractivity contribution in [1.82, 2.24) is 9.88 Å². The van der Waals surface area contributed by atoms with Gasteiger partial charge in [0.25, 0.3) is 5.91 Å². The maximum Gasteiger partial charge on any atom is 0.268 e. The van der Waals surface area contributed by atoms with Gasteiger partial charge in [-0.25, -0.2) is 0 Å². The summed E-state index contributed by atoms with van der Waals surface area (Å²) in [5.74, 6) is -0.259. The number of hydrogen-bond donors (Lipinski definition) is 3. The Balaban J connectivity index is 2.56. The molecule has 1 aromatic rings. The second-order valence-corrected chi connectivity index (χ2v) is 4.21. The first-order chi connectivity index (χ1) is 7.41. The van der Waals surface area contributed by atoms with Crippen molar-refractivity contribution in [3.63, 3.8) is 0 Å². The third-order valence-corrected chi connectivity index (χ3v) is 2.53. The van der Waals surface area contributed by atoms with Gasteiger partial charge < -0.3 is 20.7 Å². The highest BCUT2D eigenvalue weighted by atomic mass is 35.5. The number of carbonyl (C=O) groups is 1. The summed E-state index contributed by atoms with van der Waals surface area (Å²) in [5.41, 5.74) is 6.05. The van der Waals surface area contributed by atoms with Gasteiger partial charge in [0.05, 0.1) is 11.1 Å². The minimum absolute atomic E-state index is 0.222. The van der Waals surface area contributed by atoms with Gasteiger partial charge in [0, 0.05) is 25.8 Å². The Labute approximate surface area is 99.2 Å². The molecule has 6 heteroatoms. The molecule has 0 radical (unpaired) electrons. The Morgan fingerprint density at radius 3 is 2.81 bits per heavy atom. The van der Waals surface area contributed by atoms with Gasteiger partial charge >= 0.3 is 0 Å². The first-order valence-corrected chi connectivity index (χ1v) is 5.33. The second-order valence-electron chi connectivity index (χ2n) is 3.77. The molecule has 1 rings (SSSR count). The number of amides is 1. The summed E-state index contributed by atoms with van der Waals surface area (Å²) in [4.78, 5) is 11.7. The van der Waals surface area contributed by atoms with Gasteiger partial charge in [-0.3, -0.25) is 4.79 Å². The van der Waals surface area contributed by atoms with Crippen LogP contribution in [0, 0.1) is 0 Å². The van der Waals surface area contributed by atoms with Crippen LogP contribution in [-0.4, -0.2) is 34.3 Å². The summed E-state index contributed by atoms with van der Waals surface area (Å²) >= 11 is 5.76. The molecule has 16 heavy (non-hydrogen) atoms. The Bertz CT molecular complexity index is 376. The quantitative estimate of drug-likeness (QED) is 0.705. The minimum Gasteiger partial charge on any atom is -0.392 e. The zero-order chi connectivity index (χ0) is 12.3. The van der Waals surface area contributed by atoms with E-state index in [0.717, 1.165) is 0 Å². The Kier molecular flexibility index (Phi) is 4.35. The van der Waals surface area contributed by atoms with Crippen LogP contribution in [0.25, 0.3) is 0 Å². The second kappa shape index (κ2) is 5.34. The fraction of sp³-hybridized carbons (Fsp3) is 0.500. The number of aliphatic hydroxyl groups excluding tert-OH is 1.